The van der Waals surface area contributed by atoms with E-state index in [2.05, 4.69) is 44.7 Å². The van der Waals surface area contributed by atoms with Crippen molar-refractivity contribution in [1.29, 1.82) is 0 Å². The largest absolute Gasteiger partial charge is 0.478 e. The van der Waals surface area contributed by atoms with Crippen molar-refractivity contribution in [2.45, 2.75) is 70.8 Å². The summed E-state index contributed by atoms with van der Waals surface area (Å²) in [7, 11) is 0. The van der Waals surface area contributed by atoms with Crippen LogP contribution in [0.15, 0.2) is 36.4 Å². The molecule has 1 aliphatic carbocycles. The molecule has 148 valence electrons. The van der Waals surface area contributed by atoms with Crippen LogP contribution in [0, 0.1) is 0 Å². The van der Waals surface area contributed by atoms with Gasteiger partial charge < -0.3 is 10.0 Å². The zero-order chi connectivity index (χ0) is 20.1. The van der Waals surface area contributed by atoms with Gasteiger partial charge in [0.25, 0.3) is 0 Å². The highest BCUT2D eigenvalue weighted by Gasteiger charge is 2.38. The van der Waals surface area contributed by atoms with E-state index in [1.54, 1.807) is 12.1 Å². The van der Waals surface area contributed by atoms with E-state index in [0.29, 0.717) is 12.1 Å². The Morgan fingerprint density at radius 3 is 2.36 bits per heavy atom. The summed E-state index contributed by atoms with van der Waals surface area (Å²) < 4.78 is 0. The van der Waals surface area contributed by atoms with Crippen molar-refractivity contribution in [1.82, 2.24) is 0 Å². The molecule has 1 heterocycles. The van der Waals surface area contributed by atoms with Crippen LogP contribution < -0.4 is 4.90 Å². The summed E-state index contributed by atoms with van der Waals surface area (Å²) in [5.41, 5.74) is 7.41. The van der Waals surface area contributed by atoms with Gasteiger partial charge in [0.2, 0.25) is 0 Å². The van der Waals surface area contributed by atoms with E-state index in [1.165, 1.54) is 35.2 Å². The summed E-state index contributed by atoms with van der Waals surface area (Å²) in [6.07, 6.45) is 4.65. The fraction of sp³-hybridized carbons (Fsp3) is 0.480. The van der Waals surface area contributed by atoms with E-state index >= 15 is 0 Å². The molecule has 1 aliphatic heterocycles. The van der Waals surface area contributed by atoms with Gasteiger partial charge in [-0.2, -0.15) is 0 Å². The maximum Gasteiger partial charge on any atom is 0.336 e. The molecule has 0 saturated heterocycles. The molecule has 2 aromatic rings. The number of aryl methyl sites for hydroxylation is 1. The van der Waals surface area contributed by atoms with E-state index in [0.717, 1.165) is 24.9 Å². The van der Waals surface area contributed by atoms with E-state index in [4.69, 9.17) is 0 Å². The van der Waals surface area contributed by atoms with Crippen LogP contribution in [0.5, 0.6) is 0 Å². The Bertz CT molecular complexity index is 926. The number of aromatic carboxylic acids is 1. The normalized spacial score (nSPS) is 19.6. The molecule has 1 N–H and O–H groups in total. The topological polar surface area (TPSA) is 40.5 Å². The third-order valence-electron chi connectivity index (χ3n) is 6.88. The average molecular weight is 378 g/mol. The lowest BCUT2D eigenvalue weighted by molar-refractivity contribution is 0.0695. The van der Waals surface area contributed by atoms with Gasteiger partial charge in [0, 0.05) is 18.8 Å². The van der Waals surface area contributed by atoms with Gasteiger partial charge in [0.15, 0.2) is 0 Å². The molecule has 3 heteroatoms. The molecule has 0 radical (unpaired) electrons. The molecule has 0 unspecified atom stereocenters. The van der Waals surface area contributed by atoms with E-state index in [-0.39, 0.29) is 10.8 Å². The number of carboxylic acids is 1. The van der Waals surface area contributed by atoms with Crippen molar-refractivity contribution in [2.75, 3.05) is 11.4 Å². The first-order valence-corrected chi connectivity index (χ1v) is 10.4. The van der Waals surface area contributed by atoms with Crippen molar-refractivity contribution >= 4 is 11.7 Å². The van der Waals surface area contributed by atoms with Gasteiger partial charge in [-0.15, -0.1) is 0 Å². The van der Waals surface area contributed by atoms with Crippen LogP contribution in [0.4, 0.5) is 5.69 Å². The molecule has 2 aromatic carbocycles. The van der Waals surface area contributed by atoms with Crippen LogP contribution in [0.3, 0.4) is 0 Å². The lowest BCUT2D eigenvalue weighted by atomic mass is 9.62. The van der Waals surface area contributed by atoms with Gasteiger partial charge in [0.1, 0.15) is 0 Å². The predicted octanol–water partition coefficient (Wildman–Crippen LogP) is 5.69. The fourth-order valence-corrected chi connectivity index (χ4v) is 4.96. The van der Waals surface area contributed by atoms with Crippen LogP contribution in [-0.2, 0) is 23.8 Å². The van der Waals surface area contributed by atoms with Gasteiger partial charge in [-0.25, -0.2) is 4.79 Å². The highest BCUT2D eigenvalue weighted by atomic mass is 16.4. The third-order valence-corrected chi connectivity index (χ3v) is 6.88. The molecule has 0 amide bonds. The van der Waals surface area contributed by atoms with Crippen molar-refractivity contribution in [3.63, 3.8) is 0 Å². The van der Waals surface area contributed by atoms with Crippen LogP contribution in [0.25, 0.3) is 0 Å². The number of carbonyl (C=O) groups is 1. The smallest absolute Gasteiger partial charge is 0.336 e. The molecule has 0 bridgehead atoms. The number of fused-ring (bicyclic) bond motifs is 2. The molecular formula is C25H31NO2. The van der Waals surface area contributed by atoms with Crippen LogP contribution >= 0.6 is 0 Å². The molecule has 0 aromatic heterocycles. The number of hydrogen-bond donors (Lipinski definition) is 1. The van der Waals surface area contributed by atoms with Crippen LogP contribution in [-0.4, -0.2) is 17.6 Å². The molecule has 0 saturated carbocycles. The second-order valence-corrected chi connectivity index (χ2v) is 9.78. The summed E-state index contributed by atoms with van der Waals surface area (Å²) in [6.45, 7) is 11.1. The summed E-state index contributed by atoms with van der Waals surface area (Å²) >= 11 is 0. The lowest BCUT2D eigenvalue weighted by Gasteiger charge is -2.44. The molecule has 0 fully saturated rings. The maximum absolute atomic E-state index is 11.6. The zero-order valence-corrected chi connectivity index (χ0v) is 17.5. The highest BCUT2D eigenvalue weighted by Crippen LogP contribution is 2.48. The minimum Gasteiger partial charge on any atom is -0.478 e. The maximum atomic E-state index is 11.6. The first-order chi connectivity index (χ1) is 13.2. The monoisotopic (exact) mass is 377 g/mol. The number of benzene rings is 2. The zero-order valence-electron chi connectivity index (χ0n) is 17.5. The molecule has 4 rings (SSSR count). The van der Waals surface area contributed by atoms with Crippen molar-refractivity contribution in [3.05, 3.63) is 64.2 Å². The number of rotatable bonds is 3. The number of nitrogens with zero attached hydrogens (tertiary/aromatic N) is 1. The molecule has 28 heavy (non-hydrogen) atoms. The van der Waals surface area contributed by atoms with Crippen molar-refractivity contribution in [2.24, 2.45) is 0 Å². The lowest BCUT2D eigenvalue weighted by Crippen LogP contribution is -2.36. The average Bonchev–Trinajstić information content (AvgIpc) is 2.65. The van der Waals surface area contributed by atoms with Crippen molar-refractivity contribution < 1.29 is 9.90 Å². The Morgan fingerprint density at radius 2 is 1.68 bits per heavy atom. The van der Waals surface area contributed by atoms with Gasteiger partial charge in [0.05, 0.1) is 5.56 Å². The predicted molar refractivity (Wildman–Crippen MR) is 115 cm³/mol. The third kappa shape index (κ3) is 3.21. The molecule has 2 aliphatic rings. The summed E-state index contributed by atoms with van der Waals surface area (Å²) in [5.74, 6) is -0.846. The molecule has 3 nitrogen and oxygen atoms in total. The van der Waals surface area contributed by atoms with E-state index in [9.17, 15) is 9.90 Å². The Labute approximate surface area is 168 Å². The molecule has 0 spiro atoms. The first-order valence-electron chi connectivity index (χ1n) is 10.4. The Morgan fingerprint density at radius 1 is 1.04 bits per heavy atom. The number of hydrogen-bond acceptors (Lipinski definition) is 2. The van der Waals surface area contributed by atoms with Gasteiger partial charge >= 0.3 is 5.97 Å². The van der Waals surface area contributed by atoms with Crippen LogP contribution in [0.2, 0.25) is 0 Å². The second kappa shape index (κ2) is 6.65. The van der Waals surface area contributed by atoms with E-state index in [1.807, 2.05) is 12.1 Å². The standard InChI is InChI=1S/C25H31NO2/c1-24(2)11-12-25(3,4)21-15-22-17(14-20(21)24)9-7-13-26(22)16-18-8-5-6-10-19(18)23(27)28/h5-6,8,10,14-15H,7,9,11-13,16H2,1-4H3,(H,27,28). The SMILES string of the molecule is CC1(C)CCC(C)(C)c2cc3c(cc21)CCCN3Cc1ccccc1C(=O)O. The minimum atomic E-state index is -0.846. The fourth-order valence-electron chi connectivity index (χ4n) is 4.96. The highest BCUT2D eigenvalue weighted by molar-refractivity contribution is 5.89. The number of carboxylic acid groups (broad SMARTS) is 1. The van der Waals surface area contributed by atoms with E-state index < -0.39 is 5.97 Å². The number of anilines is 1. The summed E-state index contributed by atoms with van der Waals surface area (Å²) in [5, 5.41) is 9.56. The minimum absolute atomic E-state index is 0.183. The Kier molecular flexibility index (Phi) is 4.52. The quantitative estimate of drug-likeness (QED) is 0.747. The summed E-state index contributed by atoms with van der Waals surface area (Å²) in [6, 6.07) is 12.3. The first kappa shape index (κ1) is 19.0. The second-order valence-electron chi connectivity index (χ2n) is 9.78. The molecule has 0 atom stereocenters. The van der Waals surface area contributed by atoms with Gasteiger partial charge in [-0.1, -0.05) is 52.0 Å². The van der Waals surface area contributed by atoms with Gasteiger partial charge in [-0.3, -0.25) is 0 Å². The van der Waals surface area contributed by atoms with Gasteiger partial charge in [-0.05, 0) is 70.9 Å². The molecular weight excluding hydrogens is 346 g/mol. The summed E-state index contributed by atoms with van der Waals surface area (Å²) in [4.78, 5) is 14.0. The Balaban J connectivity index is 1.78. The van der Waals surface area contributed by atoms with Crippen molar-refractivity contribution in [3.8, 4) is 0 Å². The Hall–Kier alpha value is -2.29. The van der Waals surface area contributed by atoms with Crippen LogP contribution in [0.1, 0.15) is 79.6 Å².